The Labute approximate surface area is 267 Å². The van der Waals surface area contributed by atoms with Crippen LogP contribution in [-0.2, 0) is 6.42 Å². The Morgan fingerprint density at radius 1 is 1.04 bits per heavy atom. The predicted octanol–water partition coefficient (Wildman–Crippen LogP) is 5.54. The smallest absolute Gasteiger partial charge is 0.319 e. The van der Waals surface area contributed by atoms with Gasteiger partial charge in [0.05, 0.1) is 40.5 Å². The average molecular weight is 650 g/mol. The lowest BCUT2D eigenvalue weighted by Crippen LogP contribution is -2.60. The van der Waals surface area contributed by atoms with Gasteiger partial charge in [-0.15, -0.1) is 6.42 Å². The lowest BCUT2D eigenvalue weighted by Gasteiger charge is -2.42. The number of piperazine rings is 1. The van der Waals surface area contributed by atoms with Gasteiger partial charge < -0.3 is 15.4 Å². The third-order valence-electron chi connectivity index (χ3n) is 10.3. The lowest BCUT2D eigenvalue weighted by atomic mass is 9.93. The first-order valence-corrected chi connectivity index (χ1v) is 15.9. The molecule has 0 radical (unpaired) electrons. The summed E-state index contributed by atoms with van der Waals surface area (Å²) in [4.78, 5) is 17.8. The fraction of sp³-hybridized carbons (Fsp3) is 0.441. The number of benzene rings is 2. The largest absolute Gasteiger partial charge is 0.461 e. The van der Waals surface area contributed by atoms with Gasteiger partial charge in [0.15, 0.2) is 24.2 Å². The van der Waals surface area contributed by atoms with Gasteiger partial charge in [-0.3, -0.25) is 10.2 Å². The van der Waals surface area contributed by atoms with Crippen molar-refractivity contribution >= 4 is 33.2 Å². The third-order valence-corrected chi connectivity index (χ3v) is 10.3. The fourth-order valence-electron chi connectivity index (χ4n) is 8.14. The second-order valence-electron chi connectivity index (χ2n) is 12.9. The Morgan fingerprint density at radius 2 is 1.83 bits per heavy atom. The van der Waals surface area contributed by atoms with Crippen molar-refractivity contribution in [1.29, 1.82) is 0 Å². The molecular weight excluding hydrogens is 617 g/mol. The minimum atomic E-state index is -1.70. The number of fused-ring (bicyclic) bond motifs is 4. The monoisotopic (exact) mass is 649 g/mol. The van der Waals surface area contributed by atoms with E-state index in [-0.39, 0.29) is 81.1 Å². The molecule has 0 bridgehead atoms. The molecular formula is C34H32F5N7O. The van der Waals surface area contributed by atoms with Crippen LogP contribution in [0.4, 0.5) is 33.5 Å². The number of nitrogen functional groups attached to an aromatic ring is 1. The molecule has 4 aliphatic heterocycles. The SMILES string of the molecule is C#Cc1c(F)ccc2c(F)c(N)cc(-c3nc4c5c(nc(OCC67CCCN6CCC7)nc5c3F)N3CC(F)NC(F)C3CCC4)c12. The van der Waals surface area contributed by atoms with Crippen molar-refractivity contribution in [2.75, 3.05) is 36.9 Å². The van der Waals surface area contributed by atoms with Gasteiger partial charge in [0.2, 0.25) is 0 Å². The molecule has 244 valence electrons. The molecule has 3 saturated heterocycles. The summed E-state index contributed by atoms with van der Waals surface area (Å²) in [6.45, 7) is 1.97. The van der Waals surface area contributed by atoms with Crippen molar-refractivity contribution in [2.24, 2.45) is 0 Å². The van der Waals surface area contributed by atoms with Crippen molar-refractivity contribution < 1.29 is 26.7 Å². The number of rotatable bonds is 4. The van der Waals surface area contributed by atoms with Crippen LogP contribution in [0.3, 0.4) is 0 Å². The Hall–Kier alpha value is -4.28. The summed E-state index contributed by atoms with van der Waals surface area (Å²) in [7, 11) is 0. The highest BCUT2D eigenvalue weighted by atomic mass is 19.2. The van der Waals surface area contributed by atoms with Gasteiger partial charge in [-0.25, -0.2) is 26.9 Å². The van der Waals surface area contributed by atoms with Gasteiger partial charge in [0.25, 0.3) is 0 Å². The number of terminal acetylenes is 1. The van der Waals surface area contributed by atoms with Crippen LogP contribution >= 0.6 is 0 Å². The zero-order valence-electron chi connectivity index (χ0n) is 25.4. The van der Waals surface area contributed by atoms with Gasteiger partial charge >= 0.3 is 6.01 Å². The van der Waals surface area contributed by atoms with Gasteiger partial charge in [0, 0.05) is 16.3 Å². The normalized spacial score (nSPS) is 23.7. The van der Waals surface area contributed by atoms with Crippen molar-refractivity contribution in [3.05, 3.63) is 46.9 Å². The van der Waals surface area contributed by atoms with E-state index < -0.39 is 36.1 Å². The minimum absolute atomic E-state index is 0.00849. The number of halogens is 5. The number of pyridine rings is 1. The highest BCUT2D eigenvalue weighted by Crippen LogP contribution is 2.43. The Kier molecular flexibility index (Phi) is 7.14. The molecule has 13 heteroatoms. The molecule has 4 aliphatic rings. The average Bonchev–Trinajstić information content (AvgIpc) is 3.63. The zero-order valence-corrected chi connectivity index (χ0v) is 25.4. The highest BCUT2D eigenvalue weighted by molar-refractivity contribution is 6.04. The van der Waals surface area contributed by atoms with E-state index in [0.717, 1.165) is 44.8 Å². The number of nitrogens with one attached hydrogen (secondary N) is 1. The summed E-state index contributed by atoms with van der Waals surface area (Å²) < 4.78 is 83.6. The molecule has 3 unspecified atom stereocenters. The number of nitrogens with two attached hydrogens (primary N) is 1. The summed E-state index contributed by atoms with van der Waals surface area (Å²) in [5.74, 6) is -0.159. The summed E-state index contributed by atoms with van der Waals surface area (Å²) in [5, 5.41) is 2.39. The van der Waals surface area contributed by atoms with Crippen molar-refractivity contribution in [2.45, 2.75) is 69.1 Å². The van der Waals surface area contributed by atoms with E-state index in [0.29, 0.717) is 18.5 Å². The van der Waals surface area contributed by atoms with Crippen molar-refractivity contribution in [3.8, 4) is 29.6 Å². The number of nitrogens with zero attached hydrogens (tertiary/aromatic N) is 5. The highest BCUT2D eigenvalue weighted by Gasteiger charge is 2.45. The van der Waals surface area contributed by atoms with E-state index in [2.05, 4.69) is 31.1 Å². The molecule has 6 heterocycles. The second kappa shape index (κ2) is 11.2. The molecule has 0 saturated carbocycles. The van der Waals surface area contributed by atoms with E-state index in [9.17, 15) is 8.78 Å². The summed E-state index contributed by atoms with van der Waals surface area (Å²) >= 11 is 0. The third kappa shape index (κ3) is 4.67. The van der Waals surface area contributed by atoms with E-state index in [4.69, 9.17) is 16.9 Å². The molecule has 0 aliphatic carbocycles. The first kappa shape index (κ1) is 30.1. The Morgan fingerprint density at radius 3 is 2.60 bits per heavy atom. The number of ether oxygens (including phenoxy) is 1. The second-order valence-corrected chi connectivity index (χ2v) is 12.9. The van der Waals surface area contributed by atoms with Crippen LogP contribution in [0, 0.1) is 29.8 Å². The van der Waals surface area contributed by atoms with Crippen LogP contribution in [0.1, 0.15) is 49.8 Å². The zero-order chi connectivity index (χ0) is 32.6. The molecule has 47 heavy (non-hydrogen) atoms. The van der Waals surface area contributed by atoms with Crippen molar-refractivity contribution in [3.63, 3.8) is 0 Å². The van der Waals surface area contributed by atoms with Crippen molar-refractivity contribution in [1.82, 2.24) is 25.2 Å². The predicted molar refractivity (Wildman–Crippen MR) is 168 cm³/mol. The molecule has 2 aromatic carbocycles. The number of anilines is 2. The van der Waals surface area contributed by atoms with E-state index in [1.54, 1.807) is 0 Å². The minimum Gasteiger partial charge on any atom is -0.461 e. The number of aromatic nitrogens is 3. The molecule has 3 atom stereocenters. The summed E-state index contributed by atoms with van der Waals surface area (Å²) in [5.41, 5.74) is 5.19. The summed E-state index contributed by atoms with van der Waals surface area (Å²) in [6.07, 6.45) is 7.26. The Balaban J connectivity index is 1.37. The number of aryl methyl sites for hydroxylation is 1. The van der Waals surface area contributed by atoms with Crippen LogP contribution in [0.5, 0.6) is 6.01 Å². The number of hydrogen-bond acceptors (Lipinski definition) is 8. The van der Waals surface area contributed by atoms with Gasteiger partial charge in [0.1, 0.15) is 29.5 Å². The van der Waals surface area contributed by atoms with Crippen LogP contribution in [0.25, 0.3) is 32.9 Å². The van der Waals surface area contributed by atoms with E-state index in [1.807, 2.05) is 0 Å². The number of hydrogen-bond donors (Lipinski definition) is 2. The van der Waals surface area contributed by atoms with Gasteiger partial charge in [-0.1, -0.05) is 5.92 Å². The summed E-state index contributed by atoms with van der Waals surface area (Å²) in [6, 6.07) is 2.51. The lowest BCUT2D eigenvalue weighted by molar-refractivity contribution is 0.102. The van der Waals surface area contributed by atoms with E-state index in [1.165, 1.54) is 17.0 Å². The molecule has 4 aromatic rings. The molecule has 0 spiro atoms. The van der Waals surface area contributed by atoms with Crippen LogP contribution < -0.4 is 20.7 Å². The van der Waals surface area contributed by atoms with Gasteiger partial charge in [-0.05, 0) is 76.2 Å². The molecule has 3 fully saturated rings. The number of alkyl halides is 2. The molecule has 3 N–H and O–H groups in total. The van der Waals surface area contributed by atoms with Gasteiger partial charge in [-0.2, -0.15) is 9.97 Å². The molecule has 0 amide bonds. The van der Waals surface area contributed by atoms with E-state index >= 15 is 13.2 Å². The molecule has 2 aromatic heterocycles. The maximum absolute atomic E-state index is 17.0. The fourth-order valence-corrected chi connectivity index (χ4v) is 8.14. The van der Waals surface area contributed by atoms with Crippen LogP contribution in [0.15, 0.2) is 18.2 Å². The quantitative estimate of drug-likeness (QED) is 0.129. The first-order valence-electron chi connectivity index (χ1n) is 15.9. The van der Waals surface area contributed by atoms with Crippen LogP contribution in [0.2, 0.25) is 0 Å². The maximum atomic E-state index is 17.0. The molecule has 8 nitrogen and oxygen atoms in total. The standard InChI is InChI=1S/C34H32F5N7O/c1-2-17-20(35)9-8-18-25(17)19(14-21(40)27(18)37)29-28(38)30-26-22(41-29)6-3-7-23-31(39)42-24(36)15-46(23)32(26)44-33(43-30)47-16-34-10-4-12-45(34)13-5-11-34/h1,8-9,14,23-24,31,42H,3-7,10-13,15-16,40H2. The topological polar surface area (TPSA) is 92.4 Å². The Bertz CT molecular complexity index is 1970. The maximum Gasteiger partial charge on any atom is 0.319 e. The first-order chi connectivity index (χ1) is 22.7. The van der Waals surface area contributed by atoms with Crippen LogP contribution in [-0.4, -0.2) is 70.3 Å². The molecule has 8 rings (SSSR count).